The number of aryl methyl sites for hydroxylation is 1. The van der Waals surface area contributed by atoms with Crippen molar-refractivity contribution in [1.82, 2.24) is 19.8 Å². The number of anilines is 1. The maximum Gasteiger partial charge on any atom is 0.377 e. The zero-order chi connectivity index (χ0) is 18.8. The smallest absolute Gasteiger partial charge is 0.293 e. The molecule has 1 heterocycles. The molecule has 26 heavy (non-hydrogen) atoms. The van der Waals surface area contributed by atoms with Crippen molar-refractivity contribution in [2.75, 3.05) is 11.4 Å². The van der Waals surface area contributed by atoms with Crippen LogP contribution in [-0.4, -0.2) is 32.4 Å². The van der Waals surface area contributed by atoms with E-state index in [1.807, 2.05) is 25.1 Å². The van der Waals surface area contributed by atoms with E-state index in [2.05, 4.69) is 10.4 Å². The van der Waals surface area contributed by atoms with Crippen molar-refractivity contribution in [2.24, 2.45) is 0 Å². The first-order chi connectivity index (χ1) is 12.4. The molecule has 9 heteroatoms. The lowest BCUT2D eigenvalue weighted by molar-refractivity contribution is 0.244. The predicted octanol–water partition coefficient (Wildman–Crippen LogP) is 3.54. The summed E-state index contributed by atoms with van der Waals surface area (Å²) in [6.45, 7) is 4.08. The predicted molar refractivity (Wildman–Crippen MR) is 101 cm³/mol. The van der Waals surface area contributed by atoms with Gasteiger partial charge in [-0.25, -0.2) is 9.59 Å². The Morgan fingerprint density at radius 2 is 1.77 bits per heavy atom. The highest BCUT2D eigenvalue weighted by molar-refractivity contribution is 6.37. The highest BCUT2D eigenvalue weighted by Crippen LogP contribution is 2.26. The molecule has 3 rings (SSSR count). The number of hydrogen-bond acceptors (Lipinski definition) is 4. The van der Waals surface area contributed by atoms with Gasteiger partial charge in [-0.05, 0) is 54.1 Å². The number of aromatic nitrogens is 4. The first kappa shape index (κ1) is 18.2. The molecule has 1 amide bonds. The first-order valence-electron chi connectivity index (χ1n) is 7.82. The summed E-state index contributed by atoms with van der Waals surface area (Å²) >= 11 is 12.2. The van der Waals surface area contributed by atoms with Crippen LogP contribution in [0.5, 0.6) is 0 Å². The van der Waals surface area contributed by atoms with Crippen molar-refractivity contribution >= 4 is 34.9 Å². The average molecular weight is 392 g/mol. The van der Waals surface area contributed by atoms with E-state index in [0.29, 0.717) is 16.9 Å². The van der Waals surface area contributed by atoms with Gasteiger partial charge in [-0.3, -0.25) is 4.90 Å². The number of amides is 1. The van der Waals surface area contributed by atoms with Crippen molar-refractivity contribution in [3.63, 3.8) is 0 Å². The van der Waals surface area contributed by atoms with Crippen molar-refractivity contribution in [1.29, 1.82) is 0 Å². The molecule has 0 aliphatic heterocycles. The number of hydrogen-bond donors (Lipinski definition) is 0. The lowest BCUT2D eigenvalue weighted by Gasteiger charge is -2.19. The Morgan fingerprint density at radius 3 is 2.38 bits per heavy atom. The molecule has 0 atom stereocenters. The number of carbonyl (C=O) groups excluding carboxylic acids is 1. The van der Waals surface area contributed by atoms with Crippen molar-refractivity contribution < 1.29 is 4.79 Å². The Labute approximate surface area is 159 Å². The van der Waals surface area contributed by atoms with Gasteiger partial charge in [-0.1, -0.05) is 41.4 Å². The molecule has 3 aromatic rings. The highest BCUT2D eigenvalue weighted by Gasteiger charge is 2.23. The third kappa shape index (κ3) is 3.23. The molecule has 0 spiro atoms. The Kier molecular flexibility index (Phi) is 5.11. The van der Waals surface area contributed by atoms with Crippen molar-refractivity contribution in [2.45, 2.75) is 13.8 Å². The first-order valence-corrected chi connectivity index (χ1v) is 8.57. The fourth-order valence-electron chi connectivity index (χ4n) is 2.54. The molecule has 2 aromatic carbocycles. The van der Waals surface area contributed by atoms with E-state index in [-0.39, 0.29) is 15.7 Å². The maximum atomic E-state index is 12.8. The van der Waals surface area contributed by atoms with Crippen LogP contribution in [0.4, 0.5) is 10.5 Å². The van der Waals surface area contributed by atoms with E-state index in [1.165, 1.54) is 4.90 Å². The van der Waals surface area contributed by atoms with Gasteiger partial charge < -0.3 is 0 Å². The Balaban J connectivity index is 2.04. The molecule has 0 aliphatic carbocycles. The van der Waals surface area contributed by atoms with Crippen LogP contribution in [0.1, 0.15) is 12.5 Å². The summed E-state index contributed by atoms with van der Waals surface area (Å²) in [5.41, 5.74) is 1.08. The largest absolute Gasteiger partial charge is 0.377 e. The van der Waals surface area contributed by atoms with E-state index >= 15 is 0 Å². The van der Waals surface area contributed by atoms with Crippen LogP contribution < -0.4 is 10.6 Å². The minimum Gasteiger partial charge on any atom is -0.293 e. The Morgan fingerprint density at radius 1 is 1.12 bits per heavy atom. The van der Waals surface area contributed by atoms with Crippen LogP contribution in [0.3, 0.4) is 0 Å². The molecule has 0 saturated heterocycles. The molecular weight excluding hydrogens is 377 g/mol. The molecule has 0 N–H and O–H groups in total. The second kappa shape index (κ2) is 7.31. The molecule has 0 saturated carbocycles. The summed E-state index contributed by atoms with van der Waals surface area (Å²) in [7, 11) is 0. The minimum atomic E-state index is -0.754. The van der Waals surface area contributed by atoms with E-state index in [4.69, 9.17) is 23.2 Å². The van der Waals surface area contributed by atoms with E-state index in [1.54, 1.807) is 31.2 Å². The van der Waals surface area contributed by atoms with Gasteiger partial charge in [-0.2, -0.15) is 4.68 Å². The summed E-state index contributed by atoms with van der Waals surface area (Å²) in [6, 6.07) is 11.6. The van der Waals surface area contributed by atoms with Crippen molar-refractivity contribution in [3.8, 4) is 5.69 Å². The summed E-state index contributed by atoms with van der Waals surface area (Å²) in [5.74, 6) is 0. The number of para-hydroxylation sites is 1. The third-order valence-electron chi connectivity index (χ3n) is 3.77. The molecule has 0 fully saturated rings. The van der Waals surface area contributed by atoms with Crippen LogP contribution in [0, 0.1) is 6.92 Å². The highest BCUT2D eigenvalue weighted by atomic mass is 35.5. The lowest BCUT2D eigenvalue weighted by Crippen LogP contribution is -2.41. The van der Waals surface area contributed by atoms with Crippen LogP contribution in [0.25, 0.3) is 5.69 Å². The monoisotopic (exact) mass is 391 g/mol. The number of tetrazole rings is 1. The SMILES string of the molecule is CCN(C(=O)n1nnn(-c2c(Cl)cccc2Cl)c1=O)c1cccc(C)c1. The van der Waals surface area contributed by atoms with Crippen LogP contribution in [-0.2, 0) is 0 Å². The van der Waals surface area contributed by atoms with Gasteiger partial charge in [-0.15, -0.1) is 4.68 Å². The Hall–Kier alpha value is -2.64. The lowest BCUT2D eigenvalue weighted by atomic mass is 10.2. The second-order valence-corrected chi connectivity index (χ2v) is 6.34. The van der Waals surface area contributed by atoms with Gasteiger partial charge in [0.1, 0.15) is 5.69 Å². The molecule has 1 aromatic heterocycles. The molecule has 0 unspecified atom stereocenters. The van der Waals surface area contributed by atoms with Gasteiger partial charge >= 0.3 is 11.7 Å². The molecular formula is C17H15Cl2N5O2. The summed E-state index contributed by atoms with van der Waals surface area (Å²) in [4.78, 5) is 26.9. The zero-order valence-electron chi connectivity index (χ0n) is 14.1. The number of halogens is 2. The van der Waals surface area contributed by atoms with Crippen LogP contribution >= 0.6 is 23.2 Å². The molecule has 0 bridgehead atoms. The maximum absolute atomic E-state index is 12.8. The van der Waals surface area contributed by atoms with Gasteiger partial charge in [0.2, 0.25) is 0 Å². The van der Waals surface area contributed by atoms with Gasteiger partial charge in [0.25, 0.3) is 0 Å². The molecule has 0 radical (unpaired) electrons. The fraction of sp³-hybridized carbons (Fsp3) is 0.176. The summed E-state index contributed by atoms with van der Waals surface area (Å²) in [6.07, 6.45) is 0. The van der Waals surface area contributed by atoms with E-state index in [9.17, 15) is 9.59 Å². The number of carbonyl (C=O) groups is 1. The van der Waals surface area contributed by atoms with Crippen molar-refractivity contribution in [3.05, 3.63) is 68.6 Å². The topological polar surface area (TPSA) is 73.0 Å². The van der Waals surface area contributed by atoms with Crippen LogP contribution in [0.15, 0.2) is 47.3 Å². The quantitative estimate of drug-likeness (QED) is 0.640. The molecule has 134 valence electrons. The zero-order valence-corrected chi connectivity index (χ0v) is 15.6. The number of benzene rings is 2. The van der Waals surface area contributed by atoms with Gasteiger partial charge in [0.05, 0.1) is 10.0 Å². The molecule has 0 aliphatic rings. The van der Waals surface area contributed by atoms with Gasteiger partial charge in [0, 0.05) is 12.2 Å². The normalized spacial score (nSPS) is 10.8. The Bertz CT molecular complexity index is 1010. The third-order valence-corrected chi connectivity index (χ3v) is 4.38. The minimum absolute atomic E-state index is 0.179. The second-order valence-electron chi connectivity index (χ2n) is 5.52. The summed E-state index contributed by atoms with van der Waals surface area (Å²) < 4.78 is 1.60. The number of rotatable bonds is 3. The summed E-state index contributed by atoms with van der Waals surface area (Å²) in [5, 5.41) is 7.91. The van der Waals surface area contributed by atoms with Gasteiger partial charge in [0.15, 0.2) is 0 Å². The number of nitrogens with zero attached hydrogens (tertiary/aromatic N) is 5. The fourth-order valence-corrected chi connectivity index (χ4v) is 3.09. The molecule has 7 nitrogen and oxygen atoms in total. The standard InChI is InChI=1S/C17H15Cl2N5O2/c1-3-22(12-7-4-6-11(2)10-12)16(25)24-17(26)23(20-21-24)15-13(18)8-5-9-14(15)19/h4-10H,3H2,1-2H3. The average Bonchev–Trinajstić information content (AvgIpc) is 2.97. The van der Waals surface area contributed by atoms with E-state index < -0.39 is 11.7 Å². The van der Waals surface area contributed by atoms with E-state index in [0.717, 1.165) is 10.2 Å². The van der Waals surface area contributed by atoms with Crippen LogP contribution in [0.2, 0.25) is 10.0 Å².